The summed E-state index contributed by atoms with van der Waals surface area (Å²) in [5.74, 6) is 0.0208. The Balaban J connectivity index is 1.52. The van der Waals surface area contributed by atoms with E-state index in [0.717, 1.165) is 24.6 Å². The van der Waals surface area contributed by atoms with Crippen molar-refractivity contribution in [2.24, 2.45) is 17.6 Å². The van der Waals surface area contributed by atoms with Gasteiger partial charge in [-0.15, -0.1) is 0 Å². The summed E-state index contributed by atoms with van der Waals surface area (Å²) in [5.41, 5.74) is 6.38. The van der Waals surface area contributed by atoms with Crippen LogP contribution in [-0.2, 0) is 9.59 Å². The molecule has 8 nitrogen and oxygen atoms in total. The molecule has 27 heavy (non-hydrogen) atoms. The molecule has 2 amide bonds. The van der Waals surface area contributed by atoms with Gasteiger partial charge in [-0.05, 0) is 37.3 Å². The number of aromatic nitrogens is 2. The number of rotatable bonds is 7. The van der Waals surface area contributed by atoms with E-state index in [2.05, 4.69) is 15.6 Å². The molecule has 5 N–H and O–H groups in total. The minimum absolute atomic E-state index is 0.0114. The van der Waals surface area contributed by atoms with Crippen LogP contribution >= 0.6 is 0 Å². The van der Waals surface area contributed by atoms with Gasteiger partial charge in [-0.1, -0.05) is 12.8 Å². The van der Waals surface area contributed by atoms with Gasteiger partial charge in [-0.25, -0.2) is 0 Å². The number of hydrogen-bond donors (Lipinski definition) is 4. The molecule has 4 rings (SSSR count). The molecule has 144 valence electrons. The van der Waals surface area contributed by atoms with Gasteiger partial charge in [-0.3, -0.25) is 14.4 Å². The normalized spacial score (nSPS) is 21.8. The predicted octanol–water partition coefficient (Wildman–Crippen LogP) is 0.598. The molecule has 0 aromatic carbocycles. The number of nitrogens with zero attached hydrogens (tertiary/aromatic N) is 1. The van der Waals surface area contributed by atoms with Crippen molar-refractivity contribution in [3.8, 4) is 0 Å². The SMILES string of the molecule is N[C@H](C[C@@H]1CCNC1=O)NC(=O)[C@H](CC1CC1)n1ccc2cc[nH]c2c1=O. The lowest BCUT2D eigenvalue weighted by Crippen LogP contribution is -2.47. The zero-order valence-corrected chi connectivity index (χ0v) is 15.1. The highest BCUT2D eigenvalue weighted by molar-refractivity contribution is 5.83. The first-order valence-corrected chi connectivity index (χ1v) is 9.55. The first kappa shape index (κ1) is 17.8. The average Bonchev–Trinajstić information content (AvgIpc) is 3.16. The standard InChI is InChI=1S/C19H25N5O3/c20-15(10-13-4-7-22-17(13)25)23-18(26)14(9-11-1-2-11)24-8-5-12-3-6-21-16(12)19(24)27/h3,5-6,8,11,13-15,21H,1-2,4,7,9-10,20H2,(H,22,25)(H,23,26)/t13-,14-,15-/m0/s1. The molecule has 0 radical (unpaired) electrons. The summed E-state index contributed by atoms with van der Waals surface area (Å²) >= 11 is 0. The van der Waals surface area contributed by atoms with Gasteiger partial charge in [0.25, 0.3) is 5.56 Å². The van der Waals surface area contributed by atoms with Crippen LogP contribution in [0.1, 0.15) is 38.1 Å². The van der Waals surface area contributed by atoms with E-state index in [1.165, 1.54) is 4.57 Å². The summed E-state index contributed by atoms with van der Waals surface area (Å²) < 4.78 is 1.50. The number of nitrogens with one attached hydrogen (secondary N) is 3. The molecule has 3 atom stereocenters. The molecule has 2 fully saturated rings. The fourth-order valence-corrected chi connectivity index (χ4v) is 3.84. The summed E-state index contributed by atoms with van der Waals surface area (Å²) in [6, 6.07) is 3.07. The van der Waals surface area contributed by atoms with Crippen LogP contribution in [0.4, 0.5) is 0 Å². The Morgan fingerprint density at radius 1 is 1.26 bits per heavy atom. The van der Waals surface area contributed by atoms with E-state index in [0.29, 0.717) is 30.8 Å². The molecule has 2 aromatic heterocycles. The van der Waals surface area contributed by atoms with Crippen LogP contribution in [0.5, 0.6) is 0 Å². The first-order chi connectivity index (χ1) is 13.0. The predicted molar refractivity (Wildman–Crippen MR) is 101 cm³/mol. The third-order valence-electron chi connectivity index (χ3n) is 5.56. The number of carbonyl (C=O) groups excluding carboxylic acids is 2. The van der Waals surface area contributed by atoms with Crippen molar-refractivity contribution in [3.05, 3.63) is 34.9 Å². The van der Waals surface area contributed by atoms with Crippen LogP contribution in [-0.4, -0.2) is 34.1 Å². The zero-order chi connectivity index (χ0) is 19.0. The molecule has 1 aliphatic heterocycles. The van der Waals surface area contributed by atoms with Crippen molar-refractivity contribution in [1.82, 2.24) is 20.2 Å². The highest BCUT2D eigenvalue weighted by Gasteiger charge is 2.33. The Bertz CT molecular complexity index is 913. The molecule has 0 unspecified atom stereocenters. The second-order valence-corrected chi connectivity index (χ2v) is 7.66. The largest absolute Gasteiger partial charge is 0.357 e. The molecular weight excluding hydrogens is 346 g/mol. The van der Waals surface area contributed by atoms with E-state index >= 15 is 0 Å². The van der Waals surface area contributed by atoms with E-state index in [-0.39, 0.29) is 23.3 Å². The lowest BCUT2D eigenvalue weighted by atomic mass is 10.0. The van der Waals surface area contributed by atoms with Gasteiger partial charge in [0.2, 0.25) is 11.8 Å². The van der Waals surface area contributed by atoms with Crippen molar-refractivity contribution in [1.29, 1.82) is 0 Å². The molecule has 2 aromatic rings. The van der Waals surface area contributed by atoms with Gasteiger partial charge in [-0.2, -0.15) is 0 Å². The van der Waals surface area contributed by atoms with E-state index in [9.17, 15) is 14.4 Å². The van der Waals surface area contributed by atoms with E-state index < -0.39 is 12.2 Å². The maximum Gasteiger partial charge on any atom is 0.275 e. The lowest BCUT2D eigenvalue weighted by Gasteiger charge is -2.23. The van der Waals surface area contributed by atoms with Crippen molar-refractivity contribution in [2.45, 2.75) is 44.3 Å². The Kier molecular flexibility index (Phi) is 4.73. The number of nitrogens with two attached hydrogens (primary N) is 1. The highest BCUT2D eigenvalue weighted by Crippen LogP contribution is 2.36. The Hall–Kier alpha value is -2.61. The minimum atomic E-state index is -0.613. The van der Waals surface area contributed by atoms with Crippen molar-refractivity contribution < 1.29 is 9.59 Å². The van der Waals surface area contributed by atoms with Crippen LogP contribution in [0, 0.1) is 11.8 Å². The van der Waals surface area contributed by atoms with Crippen LogP contribution < -0.4 is 21.9 Å². The molecule has 1 saturated heterocycles. The third kappa shape index (κ3) is 3.75. The average molecular weight is 371 g/mol. The molecule has 8 heteroatoms. The summed E-state index contributed by atoms with van der Waals surface area (Å²) in [7, 11) is 0. The Morgan fingerprint density at radius 2 is 2.07 bits per heavy atom. The molecule has 2 aliphatic rings. The molecule has 3 heterocycles. The number of fused-ring (bicyclic) bond motifs is 1. The Morgan fingerprint density at radius 3 is 2.78 bits per heavy atom. The fraction of sp³-hybridized carbons (Fsp3) is 0.526. The van der Waals surface area contributed by atoms with E-state index in [1.807, 2.05) is 12.1 Å². The first-order valence-electron chi connectivity index (χ1n) is 9.55. The molecule has 0 bridgehead atoms. The third-order valence-corrected chi connectivity index (χ3v) is 5.56. The van der Waals surface area contributed by atoms with Gasteiger partial charge in [0.05, 0.1) is 6.17 Å². The molecule has 0 spiro atoms. The van der Waals surface area contributed by atoms with Gasteiger partial charge in [0.1, 0.15) is 11.6 Å². The van der Waals surface area contributed by atoms with Gasteiger partial charge in [0.15, 0.2) is 0 Å². The molecule has 1 saturated carbocycles. The molecular formula is C19H25N5O3. The van der Waals surface area contributed by atoms with Gasteiger partial charge in [0, 0.05) is 30.2 Å². The minimum Gasteiger partial charge on any atom is -0.357 e. The second kappa shape index (κ2) is 7.19. The summed E-state index contributed by atoms with van der Waals surface area (Å²) in [6.45, 7) is 0.653. The topological polar surface area (TPSA) is 122 Å². The van der Waals surface area contributed by atoms with Crippen LogP contribution in [0.15, 0.2) is 29.3 Å². The number of carbonyl (C=O) groups is 2. The van der Waals surface area contributed by atoms with Gasteiger partial charge < -0.3 is 25.9 Å². The van der Waals surface area contributed by atoms with Crippen molar-refractivity contribution >= 4 is 22.7 Å². The van der Waals surface area contributed by atoms with Crippen LogP contribution in [0.2, 0.25) is 0 Å². The summed E-state index contributed by atoms with van der Waals surface area (Å²) in [5, 5.41) is 6.42. The number of amides is 2. The Labute approximate surface area is 156 Å². The number of pyridine rings is 1. The van der Waals surface area contributed by atoms with E-state index in [1.54, 1.807) is 12.4 Å². The van der Waals surface area contributed by atoms with Crippen molar-refractivity contribution in [3.63, 3.8) is 0 Å². The van der Waals surface area contributed by atoms with Crippen LogP contribution in [0.25, 0.3) is 10.9 Å². The monoisotopic (exact) mass is 371 g/mol. The highest BCUT2D eigenvalue weighted by atomic mass is 16.2. The fourth-order valence-electron chi connectivity index (χ4n) is 3.84. The smallest absolute Gasteiger partial charge is 0.275 e. The van der Waals surface area contributed by atoms with Crippen molar-refractivity contribution in [2.75, 3.05) is 6.54 Å². The zero-order valence-electron chi connectivity index (χ0n) is 15.1. The van der Waals surface area contributed by atoms with E-state index in [4.69, 9.17) is 5.73 Å². The molecule has 1 aliphatic carbocycles. The number of hydrogen-bond acceptors (Lipinski definition) is 4. The number of aromatic amines is 1. The quantitative estimate of drug-likeness (QED) is 0.532. The van der Waals surface area contributed by atoms with Crippen LogP contribution in [0.3, 0.4) is 0 Å². The van der Waals surface area contributed by atoms with Gasteiger partial charge >= 0.3 is 0 Å². The lowest BCUT2D eigenvalue weighted by molar-refractivity contribution is -0.126. The summed E-state index contributed by atoms with van der Waals surface area (Å²) in [4.78, 5) is 40.4. The number of H-pyrrole nitrogens is 1. The second-order valence-electron chi connectivity index (χ2n) is 7.66. The maximum atomic E-state index is 12.9. The maximum absolute atomic E-state index is 12.9. The summed E-state index contributed by atoms with van der Waals surface area (Å²) in [6.07, 6.45) is 6.70.